The van der Waals surface area contributed by atoms with Crippen LogP contribution in [0.4, 0.5) is 5.69 Å². The Morgan fingerprint density at radius 1 is 1.15 bits per heavy atom. The van der Waals surface area contributed by atoms with Gasteiger partial charge in [0.25, 0.3) is 0 Å². The van der Waals surface area contributed by atoms with Crippen LogP contribution in [0.1, 0.15) is 38.7 Å². The third-order valence-corrected chi connectivity index (χ3v) is 3.73. The highest BCUT2D eigenvalue weighted by Gasteiger charge is 2.11. The highest BCUT2D eigenvalue weighted by atomic mass is 16.1. The largest absolute Gasteiger partial charge is 0.372 e. The zero-order chi connectivity index (χ0) is 14.4. The first-order valence-electron chi connectivity index (χ1n) is 7.76. The number of hydrogen-bond donors (Lipinski definition) is 1. The van der Waals surface area contributed by atoms with Gasteiger partial charge in [0.05, 0.1) is 6.42 Å². The maximum Gasteiger partial charge on any atom is 0.224 e. The summed E-state index contributed by atoms with van der Waals surface area (Å²) >= 11 is 0. The summed E-state index contributed by atoms with van der Waals surface area (Å²) < 4.78 is 0. The van der Waals surface area contributed by atoms with Crippen LogP contribution < -0.4 is 10.2 Å². The van der Waals surface area contributed by atoms with Crippen molar-refractivity contribution in [3.05, 3.63) is 29.8 Å². The molecule has 3 nitrogen and oxygen atoms in total. The van der Waals surface area contributed by atoms with Gasteiger partial charge >= 0.3 is 0 Å². The molecule has 0 aliphatic carbocycles. The van der Waals surface area contributed by atoms with E-state index in [9.17, 15) is 4.79 Å². The van der Waals surface area contributed by atoms with Crippen LogP contribution >= 0.6 is 0 Å². The third kappa shape index (κ3) is 4.55. The number of carbonyl (C=O) groups excluding carboxylic acids is 1. The second-order valence-corrected chi connectivity index (χ2v) is 6.09. The van der Waals surface area contributed by atoms with Crippen molar-refractivity contribution in [2.75, 3.05) is 24.5 Å². The normalized spacial score (nSPS) is 15.4. The molecule has 3 heteroatoms. The smallest absolute Gasteiger partial charge is 0.224 e. The second kappa shape index (κ2) is 7.32. The number of carbonyl (C=O) groups is 1. The van der Waals surface area contributed by atoms with Gasteiger partial charge < -0.3 is 10.2 Å². The number of nitrogens with zero attached hydrogens (tertiary/aromatic N) is 1. The van der Waals surface area contributed by atoms with Crippen LogP contribution in [0.15, 0.2) is 24.3 Å². The molecular weight excluding hydrogens is 248 g/mol. The summed E-state index contributed by atoms with van der Waals surface area (Å²) in [6.07, 6.45) is 4.41. The van der Waals surface area contributed by atoms with E-state index in [1.54, 1.807) is 0 Å². The molecule has 1 fully saturated rings. The van der Waals surface area contributed by atoms with Gasteiger partial charge in [-0.05, 0) is 42.9 Å². The molecule has 1 N–H and O–H groups in total. The van der Waals surface area contributed by atoms with Gasteiger partial charge in [0.15, 0.2) is 0 Å². The number of benzene rings is 1. The van der Waals surface area contributed by atoms with Crippen molar-refractivity contribution >= 4 is 11.6 Å². The van der Waals surface area contributed by atoms with E-state index in [0.717, 1.165) is 25.2 Å². The Bertz CT molecular complexity index is 419. The Morgan fingerprint density at radius 2 is 1.80 bits per heavy atom. The monoisotopic (exact) mass is 274 g/mol. The molecule has 0 unspecified atom stereocenters. The fourth-order valence-corrected chi connectivity index (χ4v) is 2.54. The first-order valence-corrected chi connectivity index (χ1v) is 7.76. The van der Waals surface area contributed by atoms with Crippen LogP contribution in [0, 0.1) is 5.92 Å². The van der Waals surface area contributed by atoms with Gasteiger partial charge in [0.1, 0.15) is 0 Å². The SMILES string of the molecule is CC(C)CNC(=O)Cc1ccc(N2CCCCC2)cc1. The number of hydrogen-bond acceptors (Lipinski definition) is 2. The van der Waals surface area contributed by atoms with Gasteiger partial charge in [-0.3, -0.25) is 4.79 Å². The van der Waals surface area contributed by atoms with Crippen LogP contribution in [-0.4, -0.2) is 25.5 Å². The molecule has 1 saturated heterocycles. The maximum atomic E-state index is 11.8. The predicted molar refractivity (Wildman–Crippen MR) is 84.1 cm³/mol. The molecule has 1 aromatic carbocycles. The zero-order valence-electron chi connectivity index (χ0n) is 12.7. The third-order valence-electron chi connectivity index (χ3n) is 3.73. The molecule has 1 heterocycles. The van der Waals surface area contributed by atoms with E-state index in [2.05, 4.69) is 48.3 Å². The molecule has 0 radical (unpaired) electrons. The Balaban J connectivity index is 1.86. The van der Waals surface area contributed by atoms with Crippen LogP contribution in [0.3, 0.4) is 0 Å². The van der Waals surface area contributed by atoms with E-state index >= 15 is 0 Å². The van der Waals surface area contributed by atoms with Crippen LogP contribution in [0.25, 0.3) is 0 Å². The number of nitrogens with one attached hydrogen (secondary N) is 1. The highest BCUT2D eigenvalue weighted by molar-refractivity contribution is 5.78. The maximum absolute atomic E-state index is 11.8. The summed E-state index contributed by atoms with van der Waals surface area (Å²) in [5, 5.41) is 2.96. The Kier molecular flexibility index (Phi) is 5.45. The summed E-state index contributed by atoms with van der Waals surface area (Å²) in [7, 11) is 0. The molecule has 1 aliphatic rings. The lowest BCUT2D eigenvalue weighted by Crippen LogP contribution is -2.29. The second-order valence-electron chi connectivity index (χ2n) is 6.09. The van der Waals surface area contributed by atoms with Gasteiger partial charge in [0, 0.05) is 25.3 Å². The molecule has 1 amide bonds. The van der Waals surface area contributed by atoms with Crippen molar-refractivity contribution in [1.82, 2.24) is 5.32 Å². The lowest BCUT2D eigenvalue weighted by molar-refractivity contribution is -0.120. The molecule has 0 aromatic heterocycles. The van der Waals surface area contributed by atoms with Crippen molar-refractivity contribution in [2.24, 2.45) is 5.92 Å². The minimum absolute atomic E-state index is 0.115. The molecule has 110 valence electrons. The summed E-state index contributed by atoms with van der Waals surface area (Å²) in [4.78, 5) is 14.2. The number of anilines is 1. The van der Waals surface area contributed by atoms with Crippen molar-refractivity contribution in [3.8, 4) is 0 Å². The van der Waals surface area contributed by atoms with E-state index in [1.807, 2.05) is 0 Å². The molecule has 2 rings (SSSR count). The Morgan fingerprint density at radius 3 is 2.40 bits per heavy atom. The zero-order valence-corrected chi connectivity index (χ0v) is 12.7. The van der Waals surface area contributed by atoms with Crippen LogP contribution in [0.5, 0.6) is 0 Å². The average molecular weight is 274 g/mol. The summed E-state index contributed by atoms with van der Waals surface area (Å²) in [6.45, 7) is 7.29. The molecule has 0 bridgehead atoms. The first kappa shape index (κ1) is 14.9. The van der Waals surface area contributed by atoms with Crippen LogP contribution in [0.2, 0.25) is 0 Å². The quantitative estimate of drug-likeness (QED) is 0.895. The van der Waals surface area contributed by atoms with E-state index < -0.39 is 0 Å². The minimum atomic E-state index is 0.115. The van der Waals surface area contributed by atoms with E-state index in [0.29, 0.717) is 12.3 Å². The molecule has 20 heavy (non-hydrogen) atoms. The summed E-state index contributed by atoms with van der Waals surface area (Å²) in [5.41, 5.74) is 2.38. The average Bonchev–Trinajstić information content (AvgIpc) is 2.47. The van der Waals surface area contributed by atoms with E-state index in [-0.39, 0.29) is 5.91 Å². The molecular formula is C17H26N2O. The lowest BCUT2D eigenvalue weighted by atomic mass is 10.1. The van der Waals surface area contributed by atoms with Gasteiger partial charge in [-0.2, -0.15) is 0 Å². The van der Waals surface area contributed by atoms with E-state index in [4.69, 9.17) is 0 Å². The molecule has 1 aromatic rings. The van der Waals surface area contributed by atoms with Crippen molar-refractivity contribution in [3.63, 3.8) is 0 Å². The van der Waals surface area contributed by atoms with Crippen molar-refractivity contribution in [2.45, 2.75) is 39.5 Å². The predicted octanol–water partition coefficient (Wildman–Crippen LogP) is 2.99. The Labute approximate surface area is 122 Å². The Hall–Kier alpha value is -1.51. The van der Waals surface area contributed by atoms with Crippen molar-refractivity contribution in [1.29, 1.82) is 0 Å². The summed E-state index contributed by atoms with van der Waals surface area (Å²) in [5.74, 6) is 0.616. The van der Waals surface area contributed by atoms with Crippen LogP contribution in [-0.2, 0) is 11.2 Å². The fourth-order valence-electron chi connectivity index (χ4n) is 2.54. The van der Waals surface area contributed by atoms with Gasteiger partial charge in [-0.25, -0.2) is 0 Å². The molecule has 0 spiro atoms. The standard InChI is InChI=1S/C17H26N2O/c1-14(2)13-18-17(20)12-15-6-8-16(9-7-15)19-10-4-3-5-11-19/h6-9,14H,3-5,10-13H2,1-2H3,(H,18,20). The number of piperidine rings is 1. The van der Waals surface area contributed by atoms with Crippen molar-refractivity contribution < 1.29 is 4.79 Å². The van der Waals surface area contributed by atoms with Gasteiger partial charge in [-0.15, -0.1) is 0 Å². The summed E-state index contributed by atoms with van der Waals surface area (Å²) in [6, 6.07) is 8.46. The highest BCUT2D eigenvalue weighted by Crippen LogP contribution is 2.20. The fraction of sp³-hybridized carbons (Fsp3) is 0.588. The molecule has 0 saturated carbocycles. The molecule has 0 atom stereocenters. The lowest BCUT2D eigenvalue weighted by Gasteiger charge is -2.28. The topological polar surface area (TPSA) is 32.3 Å². The van der Waals surface area contributed by atoms with Gasteiger partial charge in [-0.1, -0.05) is 26.0 Å². The number of rotatable bonds is 5. The number of amides is 1. The molecule has 1 aliphatic heterocycles. The minimum Gasteiger partial charge on any atom is -0.372 e. The van der Waals surface area contributed by atoms with E-state index in [1.165, 1.54) is 24.9 Å². The first-order chi connectivity index (χ1) is 9.65. The van der Waals surface area contributed by atoms with Gasteiger partial charge in [0.2, 0.25) is 5.91 Å².